The number of nitrogens with zero attached hydrogens (tertiary/aromatic N) is 1. The van der Waals surface area contributed by atoms with Crippen LogP contribution in [0, 0.1) is 6.92 Å². The molecule has 2 N–H and O–H groups in total. The molecule has 1 atom stereocenters. The van der Waals surface area contributed by atoms with Crippen molar-refractivity contribution in [2.75, 3.05) is 11.9 Å². The van der Waals surface area contributed by atoms with Crippen LogP contribution in [0.2, 0.25) is 10.0 Å². The molecular weight excluding hydrogens is 389 g/mol. The van der Waals surface area contributed by atoms with Crippen molar-refractivity contribution in [2.24, 2.45) is 0 Å². The third-order valence-electron chi connectivity index (χ3n) is 4.24. The van der Waals surface area contributed by atoms with Gasteiger partial charge in [0.15, 0.2) is 0 Å². The zero-order valence-corrected chi connectivity index (χ0v) is 16.0. The number of imide groups is 1. The lowest BCUT2D eigenvalue weighted by atomic mass is 10.1. The van der Waals surface area contributed by atoms with Gasteiger partial charge in [-0.2, -0.15) is 0 Å². The van der Waals surface area contributed by atoms with Crippen molar-refractivity contribution in [3.63, 3.8) is 0 Å². The third kappa shape index (κ3) is 4.23. The summed E-state index contributed by atoms with van der Waals surface area (Å²) in [6.45, 7) is 1.36. The second kappa shape index (κ2) is 7.98. The molecule has 0 radical (unpaired) electrons. The van der Waals surface area contributed by atoms with Crippen molar-refractivity contribution in [2.45, 2.75) is 19.4 Å². The van der Waals surface area contributed by atoms with Gasteiger partial charge in [-0.3, -0.25) is 14.5 Å². The summed E-state index contributed by atoms with van der Waals surface area (Å²) < 4.78 is 0. The number of rotatable bonds is 5. The lowest BCUT2D eigenvalue weighted by Gasteiger charge is -2.15. The van der Waals surface area contributed by atoms with E-state index in [1.165, 1.54) is 0 Å². The van der Waals surface area contributed by atoms with E-state index in [9.17, 15) is 14.4 Å². The van der Waals surface area contributed by atoms with E-state index >= 15 is 0 Å². The van der Waals surface area contributed by atoms with E-state index in [4.69, 9.17) is 23.2 Å². The molecule has 4 amide bonds. The van der Waals surface area contributed by atoms with Crippen LogP contribution in [-0.2, 0) is 16.0 Å². The summed E-state index contributed by atoms with van der Waals surface area (Å²) in [5, 5.41) is 5.77. The molecule has 27 heavy (non-hydrogen) atoms. The molecule has 1 aliphatic rings. The zero-order valence-electron chi connectivity index (χ0n) is 14.5. The van der Waals surface area contributed by atoms with Gasteiger partial charge in [-0.1, -0.05) is 59.6 Å². The first-order valence-corrected chi connectivity index (χ1v) is 9.02. The van der Waals surface area contributed by atoms with Crippen LogP contribution in [0.3, 0.4) is 0 Å². The quantitative estimate of drug-likeness (QED) is 0.748. The van der Waals surface area contributed by atoms with Crippen molar-refractivity contribution in [3.05, 3.63) is 63.6 Å². The second-order valence-corrected chi connectivity index (χ2v) is 7.00. The molecule has 6 nitrogen and oxygen atoms in total. The van der Waals surface area contributed by atoms with E-state index in [-0.39, 0.29) is 10.7 Å². The Labute approximate surface area is 166 Å². The fourth-order valence-corrected chi connectivity index (χ4v) is 3.27. The largest absolute Gasteiger partial charge is 0.325 e. The Balaban J connectivity index is 1.67. The van der Waals surface area contributed by atoms with Crippen LogP contribution >= 0.6 is 23.2 Å². The van der Waals surface area contributed by atoms with Crippen LogP contribution in [-0.4, -0.2) is 35.3 Å². The summed E-state index contributed by atoms with van der Waals surface area (Å²) >= 11 is 12.2. The molecule has 8 heteroatoms. The molecule has 1 aliphatic heterocycles. The smallest absolute Gasteiger partial charge is 0.325 e. The molecule has 0 aliphatic carbocycles. The lowest BCUT2D eigenvalue weighted by Crippen LogP contribution is -2.38. The van der Waals surface area contributed by atoms with E-state index in [0.29, 0.717) is 11.4 Å². The van der Waals surface area contributed by atoms with Crippen molar-refractivity contribution in [1.82, 2.24) is 10.2 Å². The fourth-order valence-electron chi connectivity index (χ4n) is 2.81. The number of carbonyl (C=O) groups is 3. The minimum absolute atomic E-state index is 0.260. The molecule has 140 valence electrons. The number of urea groups is 1. The van der Waals surface area contributed by atoms with Crippen molar-refractivity contribution < 1.29 is 14.4 Å². The number of hydrogen-bond acceptors (Lipinski definition) is 3. The van der Waals surface area contributed by atoms with Crippen LogP contribution in [0.4, 0.5) is 10.5 Å². The Morgan fingerprint density at radius 2 is 1.85 bits per heavy atom. The summed E-state index contributed by atoms with van der Waals surface area (Å²) in [6, 6.07) is 11.4. The van der Waals surface area contributed by atoms with Gasteiger partial charge in [0.05, 0.1) is 15.7 Å². The van der Waals surface area contributed by atoms with Gasteiger partial charge in [-0.15, -0.1) is 0 Å². The highest BCUT2D eigenvalue weighted by molar-refractivity contribution is 6.40. The zero-order chi connectivity index (χ0) is 19.6. The van der Waals surface area contributed by atoms with Crippen molar-refractivity contribution >= 4 is 46.7 Å². The van der Waals surface area contributed by atoms with E-state index in [2.05, 4.69) is 10.6 Å². The highest BCUT2D eigenvalue weighted by atomic mass is 35.5. The predicted molar refractivity (Wildman–Crippen MR) is 104 cm³/mol. The number of amides is 4. The fraction of sp³-hybridized carbons (Fsp3) is 0.211. The van der Waals surface area contributed by atoms with Gasteiger partial charge in [0.1, 0.15) is 12.6 Å². The Morgan fingerprint density at radius 3 is 2.56 bits per heavy atom. The lowest BCUT2D eigenvalue weighted by molar-refractivity contribution is -0.130. The van der Waals surface area contributed by atoms with Gasteiger partial charge in [-0.25, -0.2) is 4.79 Å². The summed E-state index contributed by atoms with van der Waals surface area (Å²) in [4.78, 5) is 37.9. The highest BCUT2D eigenvalue weighted by Crippen LogP contribution is 2.32. The van der Waals surface area contributed by atoms with Gasteiger partial charge in [-0.05, 0) is 24.1 Å². The maximum absolute atomic E-state index is 12.5. The molecule has 1 fully saturated rings. The van der Waals surface area contributed by atoms with E-state index in [1.54, 1.807) is 19.1 Å². The first-order chi connectivity index (χ1) is 12.9. The topological polar surface area (TPSA) is 78.5 Å². The third-order valence-corrected chi connectivity index (χ3v) is 5.04. The number of halogens is 2. The molecule has 1 heterocycles. The van der Waals surface area contributed by atoms with Crippen LogP contribution in [0.1, 0.15) is 11.1 Å². The number of nitrogens with one attached hydrogen (secondary N) is 2. The molecule has 0 unspecified atom stereocenters. The average molecular weight is 406 g/mol. The standard InChI is InChI=1S/C19H17Cl2N3O3/c1-11-7-8-13(20)17(16(11)21)23-15(25)10-24-18(26)14(22-19(24)27)9-12-5-3-2-4-6-12/h2-8,14H,9-10H2,1H3,(H,22,27)(H,23,25)/t14-/m1/s1. The molecule has 0 spiro atoms. The first kappa shape index (κ1) is 19.2. The maximum atomic E-state index is 12.5. The number of aryl methyl sites for hydroxylation is 1. The Morgan fingerprint density at radius 1 is 1.15 bits per heavy atom. The summed E-state index contributed by atoms with van der Waals surface area (Å²) in [6.07, 6.45) is 0.360. The number of benzene rings is 2. The Kier molecular flexibility index (Phi) is 5.68. The average Bonchev–Trinajstić information content (AvgIpc) is 2.90. The molecule has 2 aromatic rings. The van der Waals surface area contributed by atoms with Crippen molar-refractivity contribution in [1.29, 1.82) is 0 Å². The molecule has 0 saturated carbocycles. The summed E-state index contributed by atoms with van der Waals surface area (Å²) in [5.74, 6) is -1.01. The SMILES string of the molecule is Cc1ccc(Cl)c(NC(=O)CN2C(=O)N[C@H](Cc3ccccc3)C2=O)c1Cl. The molecule has 0 bridgehead atoms. The van der Waals surface area contributed by atoms with Gasteiger partial charge in [0.25, 0.3) is 5.91 Å². The van der Waals surface area contributed by atoms with Crippen LogP contribution < -0.4 is 10.6 Å². The summed E-state index contributed by atoms with van der Waals surface area (Å²) in [7, 11) is 0. The van der Waals surface area contributed by atoms with Gasteiger partial charge >= 0.3 is 6.03 Å². The molecule has 1 saturated heterocycles. The predicted octanol–water partition coefficient (Wildman–Crippen LogP) is 3.40. The summed E-state index contributed by atoms with van der Waals surface area (Å²) in [5.41, 5.74) is 1.92. The molecular formula is C19H17Cl2N3O3. The highest BCUT2D eigenvalue weighted by Gasteiger charge is 2.38. The van der Waals surface area contributed by atoms with Crippen LogP contribution in [0.25, 0.3) is 0 Å². The first-order valence-electron chi connectivity index (χ1n) is 8.27. The second-order valence-electron chi connectivity index (χ2n) is 6.22. The number of carbonyl (C=O) groups excluding carboxylic acids is 3. The van der Waals surface area contributed by atoms with Crippen molar-refractivity contribution in [3.8, 4) is 0 Å². The molecule has 0 aromatic heterocycles. The van der Waals surface area contributed by atoms with E-state index in [1.807, 2.05) is 30.3 Å². The van der Waals surface area contributed by atoms with Crippen LogP contribution in [0.5, 0.6) is 0 Å². The molecule has 3 rings (SSSR count). The minimum Gasteiger partial charge on any atom is -0.325 e. The molecule has 2 aromatic carbocycles. The Bertz CT molecular complexity index is 903. The minimum atomic E-state index is -0.696. The van der Waals surface area contributed by atoms with Gasteiger partial charge < -0.3 is 10.6 Å². The maximum Gasteiger partial charge on any atom is 0.325 e. The monoisotopic (exact) mass is 405 g/mol. The van der Waals surface area contributed by atoms with Crippen LogP contribution in [0.15, 0.2) is 42.5 Å². The number of anilines is 1. The van der Waals surface area contributed by atoms with E-state index in [0.717, 1.165) is 16.0 Å². The number of hydrogen-bond donors (Lipinski definition) is 2. The van der Waals surface area contributed by atoms with E-state index < -0.39 is 30.4 Å². The Hall–Kier alpha value is -2.57. The van der Waals surface area contributed by atoms with Gasteiger partial charge in [0.2, 0.25) is 5.91 Å². The van der Waals surface area contributed by atoms with Gasteiger partial charge in [0, 0.05) is 6.42 Å². The normalized spacial score (nSPS) is 16.4.